The number of nitriles is 1. The van der Waals surface area contributed by atoms with Crippen molar-refractivity contribution in [3.8, 4) is 6.07 Å². The van der Waals surface area contributed by atoms with Crippen molar-refractivity contribution in [1.29, 1.82) is 5.26 Å². The van der Waals surface area contributed by atoms with E-state index in [4.69, 9.17) is 26.8 Å². The first-order valence-electron chi connectivity index (χ1n) is 7.77. The predicted molar refractivity (Wildman–Crippen MR) is 90.7 cm³/mol. The normalized spacial score (nSPS) is 17.3. The number of benzene rings is 1. The fraction of sp³-hybridized carbons (Fsp3) is 0.333. The quantitative estimate of drug-likeness (QED) is 0.820. The van der Waals surface area contributed by atoms with Crippen LogP contribution in [0.1, 0.15) is 38.2 Å². The van der Waals surface area contributed by atoms with Crippen LogP contribution in [0.4, 0.5) is 0 Å². The molecule has 0 radical (unpaired) electrons. The Kier molecular flexibility index (Phi) is 5.88. The molecular weight excluding hydrogens is 328 g/mol. The molecule has 0 aromatic heterocycles. The molecule has 6 heteroatoms. The van der Waals surface area contributed by atoms with Crippen LogP contribution >= 0.6 is 11.6 Å². The minimum Gasteiger partial charge on any atom is -0.463 e. The number of nitrogens with two attached hydrogens (primary N) is 1. The van der Waals surface area contributed by atoms with E-state index in [0.29, 0.717) is 22.8 Å². The maximum absolute atomic E-state index is 12.6. The number of hydrogen-bond donors (Lipinski definition) is 1. The molecule has 0 fully saturated rings. The number of ether oxygens (including phenoxy) is 2. The number of allylic oxidation sites excluding steroid dienone is 2. The second-order valence-electron chi connectivity index (χ2n) is 5.25. The van der Waals surface area contributed by atoms with Gasteiger partial charge in [-0.05, 0) is 25.0 Å². The zero-order valence-corrected chi connectivity index (χ0v) is 14.4. The van der Waals surface area contributed by atoms with Crippen LogP contribution in [0.3, 0.4) is 0 Å². The average molecular weight is 347 g/mol. The predicted octanol–water partition coefficient (Wildman–Crippen LogP) is 3.76. The molecule has 2 rings (SSSR count). The van der Waals surface area contributed by atoms with Gasteiger partial charge in [0.1, 0.15) is 17.4 Å². The third-order valence-corrected chi connectivity index (χ3v) is 4.03. The third kappa shape index (κ3) is 3.39. The Morgan fingerprint density at radius 1 is 1.42 bits per heavy atom. The minimum absolute atomic E-state index is 0.00100. The van der Waals surface area contributed by atoms with Gasteiger partial charge in [0.25, 0.3) is 0 Å². The fourth-order valence-corrected chi connectivity index (χ4v) is 2.93. The lowest BCUT2D eigenvalue weighted by atomic mass is 9.82. The summed E-state index contributed by atoms with van der Waals surface area (Å²) in [6, 6.07) is 9.10. The number of hydrogen-bond acceptors (Lipinski definition) is 5. The average Bonchev–Trinajstić information content (AvgIpc) is 2.55. The Hall–Kier alpha value is -2.45. The Balaban J connectivity index is 2.69. The summed E-state index contributed by atoms with van der Waals surface area (Å²) in [4.78, 5) is 12.6. The first-order chi connectivity index (χ1) is 11.5. The summed E-state index contributed by atoms with van der Waals surface area (Å²) < 4.78 is 10.8. The van der Waals surface area contributed by atoms with Crippen LogP contribution in [0.2, 0.25) is 5.02 Å². The highest BCUT2D eigenvalue weighted by Crippen LogP contribution is 2.42. The van der Waals surface area contributed by atoms with Crippen molar-refractivity contribution in [2.75, 3.05) is 6.61 Å². The molecule has 0 aliphatic carbocycles. The SMILES string of the molecule is CCCC1=C(C(=O)OCC)[C@@H](c2ccccc2Cl)C(C#N)=C(N)O1. The van der Waals surface area contributed by atoms with Crippen molar-refractivity contribution >= 4 is 17.6 Å². The Morgan fingerprint density at radius 2 is 2.12 bits per heavy atom. The van der Waals surface area contributed by atoms with E-state index in [1.807, 2.05) is 13.0 Å². The van der Waals surface area contributed by atoms with Gasteiger partial charge in [0.2, 0.25) is 5.88 Å². The van der Waals surface area contributed by atoms with Crippen LogP contribution in [0, 0.1) is 11.3 Å². The standard InChI is InChI=1S/C18H19ClN2O3/c1-3-7-14-16(18(22)23-4-2)15(12(10-20)17(21)24-14)11-8-5-6-9-13(11)19/h5-6,8-9,15H,3-4,7,21H2,1-2H3/t15-/m0/s1. The fourth-order valence-electron chi connectivity index (χ4n) is 2.68. The van der Waals surface area contributed by atoms with Crippen LogP contribution in [-0.4, -0.2) is 12.6 Å². The van der Waals surface area contributed by atoms with Crippen LogP contribution in [0.15, 0.2) is 47.1 Å². The van der Waals surface area contributed by atoms with Crippen LogP contribution in [0.5, 0.6) is 0 Å². The Labute approximate surface area is 146 Å². The van der Waals surface area contributed by atoms with E-state index in [1.165, 1.54) is 0 Å². The zero-order valence-electron chi connectivity index (χ0n) is 13.6. The molecule has 1 atom stereocenters. The minimum atomic E-state index is -0.696. The van der Waals surface area contributed by atoms with Gasteiger partial charge in [-0.25, -0.2) is 4.79 Å². The van der Waals surface area contributed by atoms with E-state index < -0.39 is 11.9 Å². The van der Waals surface area contributed by atoms with Gasteiger partial charge in [-0.3, -0.25) is 0 Å². The van der Waals surface area contributed by atoms with Gasteiger partial charge in [0, 0.05) is 11.4 Å². The lowest BCUT2D eigenvalue weighted by Gasteiger charge is -2.28. The van der Waals surface area contributed by atoms with Crippen molar-refractivity contribution in [2.24, 2.45) is 5.73 Å². The topological polar surface area (TPSA) is 85.3 Å². The highest BCUT2D eigenvalue weighted by atomic mass is 35.5. The second kappa shape index (κ2) is 7.89. The largest absolute Gasteiger partial charge is 0.463 e. The van der Waals surface area contributed by atoms with E-state index in [-0.39, 0.29) is 23.6 Å². The molecule has 24 heavy (non-hydrogen) atoms. The summed E-state index contributed by atoms with van der Waals surface area (Å²) in [5.41, 5.74) is 7.00. The van der Waals surface area contributed by atoms with Gasteiger partial charge in [0.05, 0.1) is 18.1 Å². The van der Waals surface area contributed by atoms with Gasteiger partial charge >= 0.3 is 5.97 Å². The molecule has 1 aromatic rings. The van der Waals surface area contributed by atoms with Crippen molar-refractivity contribution in [2.45, 2.75) is 32.6 Å². The lowest BCUT2D eigenvalue weighted by molar-refractivity contribution is -0.139. The highest BCUT2D eigenvalue weighted by molar-refractivity contribution is 6.31. The molecule has 5 nitrogen and oxygen atoms in total. The number of halogens is 1. The first kappa shape index (κ1) is 17.9. The summed E-state index contributed by atoms with van der Waals surface area (Å²) in [5, 5.41) is 9.99. The number of esters is 1. The molecule has 1 heterocycles. The van der Waals surface area contributed by atoms with E-state index >= 15 is 0 Å². The number of nitrogens with zero attached hydrogens (tertiary/aromatic N) is 1. The summed E-state index contributed by atoms with van der Waals surface area (Å²) in [5.74, 6) is -0.791. The Morgan fingerprint density at radius 3 is 2.71 bits per heavy atom. The highest BCUT2D eigenvalue weighted by Gasteiger charge is 2.38. The summed E-state index contributed by atoms with van der Waals surface area (Å²) in [6.07, 6.45) is 1.26. The van der Waals surface area contributed by atoms with Crippen LogP contribution in [0.25, 0.3) is 0 Å². The first-order valence-corrected chi connectivity index (χ1v) is 8.15. The van der Waals surface area contributed by atoms with Crippen molar-refractivity contribution in [3.05, 3.63) is 57.6 Å². The van der Waals surface area contributed by atoms with Crippen molar-refractivity contribution < 1.29 is 14.3 Å². The summed E-state index contributed by atoms with van der Waals surface area (Å²) >= 11 is 6.31. The number of carbonyl (C=O) groups is 1. The monoisotopic (exact) mass is 346 g/mol. The molecule has 0 amide bonds. The summed E-state index contributed by atoms with van der Waals surface area (Å²) in [7, 11) is 0. The van der Waals surface area contributed by atoms with Gasteiger partial charge < -0.3 is 15.2 Å². The molecule has 0 unspecified atom stereocenters. The molecule has 0 saturated heterocycles. The summed E-state index contributed by atoms with van der Waals surface area (Å²) in [6.45, 7) is 3.91. The second-order valence-corrected chi connectivity index (χ2v) is 5.66. The molecule has 1 aliphatic heterocycles. The van der Waals surface area contributed by atoms with E-state index in [0.717, 1.165) is 6.42 Å². The van der Waals surface area contributed by atoms with Crippen molar-refractivity contribution in [1.82, 2.24) is 0 Å². The molecule has 2 N–H and O–H groups in total. The molecule has 1 aliphatic rings. The lowest BCUT2D eigenvalue weighted by Crippen LogP contribution is -2.26. The maximum Gasteiger partial charge on any atom is 0.338 e. The van der Waals surface area contributed by atoms with Gasteiger partial charge in [-0.1, -0.05) is 36.7 Å². The molecule has 1 aromatic carbocycles. The molecule has 0 spiro atoms. The zero-order chi connectivity index (χ0) is 17.7. The third-order valence-electron chi connectivity index (χ3n) is 3.69. The van der Waals surface area contributed by atoms with Crippen LogP contribution < -0.4 is 5.73 Å². The van der Waals surface area contributed by atoms with Gasteiger partial charge in [0.15, 0.2) is 0 Å². The Bertz CT molecular complexity index is 747. The molecule has 126 valence electrons. The van der Waals surface area contributed by atoms with Crippen molar-refractivity contribution in [3.63, 3.8) is 0 Å². The molecular formula is C18H19ClN2O3. The number of rotatable bonds is 5. The van der Waals surface area contributed by atoms with E-state index in [9.17, 15) is 10.1 Å². The molecule has 0 saturated carbocycles. The van der Waals surface area contributed by atoms with E-state index in [2.05, 4.69) is 0 Å². The van der Waals surface area contributed by atoms with Gasteiger partial charge in [-0.15, -0.1) is 0 Å². The van der Waals surface area contributed by atoms with Crippen LogP contribution in [-0.2, 0) is 14.3 Å². The molecule has 0 bridgehead atoms. The number of carbonyl (C=O) groups excluding carboxylic acids is 1. The van der Waals surface area contributed by atoms with Gasteiger partial charge in [-0.2, -0.15) is 5.26 Å². The maximum atomic E-state index is 12.6. The smallest absolute Gasteiger partial charge is 0.338 e. The van der Waals surface area contributed by atoms with E-state index in [1.54, 1.807) is 31.2 Å².